The lowest BCUT2D eigenvalue weighted by atomic mass is 10.3. The second-order valence-electron chi connectivity index (χ2n) is 5.48. The van der Waals surface area contributed by atoms with Gasteiger partial charge in [-0.2, -0.15) is 0 Å². The van der Waals surface area contributed by atoms with Crippen LogP contribution >= 0.6 is 11.3 Å². The topological polar surface area (TPSA) is 41.5 Å². The van der Waals surface area contributed by atoms with Crippen molar-refractivity contribution in [3.63, 3.8) is 0 Å². The Kier molecular flexibility index (Phi) is 5.82. The summed E-state index contributed by atoms with van der Waals surface area (Å²) < 4.78 is 5.70. The number of nitrogens with one attached hydrogen (secondary N) is 1. The minimum Gasteiger partial charge on any atom is -0.389 e. The van der Waals surface area contributed by atoms with Gasteiger partial charge in [0.25, 0.3) is 0 Å². The molecule has 2 N–H and O–H groups in total. The molecule has 1 unspecified atom stereocenters. The van der Waals surface area contributed by atoms with Gasteiger partial charge in [0.1, 0.15) is 0 Å². The summed E-state index contributed by atoms with van der Waals surface area (Å²) in [5, 5.41) is 13.2. The fourth-order valence-electron chi connectivity index (χ4n) is 2.46. The van der Waals surface area contributed by atoms with Gasteiger partial charge >= 0.3 is 0 Å². The first kappa shape index (κ1) is 15.0. The molecule has 1 aromatic rings. The minimum absolute atomic E-state index is 0.386. The molecule has 0 aromatic carbocycles. The standard InChI is InChI=1S/C15H25NO2S/c1-11-7-15(19-12(11)2)9-16-8-13(17)10-18-14-5-3-4-6-14/h7,13-14,16-17H,3-6,8-10H2,1-2H3. The van der Waals surface area contributed by atoms with Crippen molar-refractivity contribution in [2.75, 3.05) is 13.2 Å². The summed E-state index contributed by atoms with van der Waals surface area (Å²) in [4.78, 5) is 2.71. The van der Waals surface area contributed by atoms with Crippen LogP contribution in [0.5, 0.6) is 0 Å². The number of aliphatic hydroxyl groups excluding tert-OH is 1. The molecule has 4 heteroatoms. The molecule has 0 radical (unpaired) electrons. The molecule has 0 bridgehead atoms. The molecule has 0 saturated heterocycles. The Morgan fingerprint density at radius 2 is 2.16 bits per heavy atom. The molecule has 1 fully saturated rings. The average molecular weight is 283 g/mol. The number of aryl methyl sites for hydroxylation is 2. The van der Waals surface area contributed by atoms with Gasteiger partial charge in [0.2, 0.25) is 0 Å². The summed E-state index contributed by atoms with van der Waals surface area (Å²) >= 11 is 1.82. The van der Waals surface area contributed by atoms with E-state index in [0.29, 0.717) is 19.3 Å². The van der Waals surface area contributed by atoms with Crippen molar-refractivity contribution in [2.45, 2.75) is 58.3 Å². The molecule has 1 atom stereocenters. The summed E-state index contributed by atoms with van der Waals surface area (Å²) in [7, 11) is 0. The normalized spacial score (nSPS) is 18.1. The van der Waals surface area contributed by atoms with Crippen LogP contribution in [0.2, 0.25) is 0 Å². The van der Waals surface area contributed by atoms with Crippen molar-refractivity contribution in [3.8, 4) is 0 Å². The van der Waals surface area contributed by atoms with E-state index in [9.17, 15) is 5.11 Å². The van der Waals surface area contributed by atoms with Crippen molar-refractivity contribution < 1.29 is 9.84 Å². The summed E-state index contributed by atoms with van der Waals surface area (Å²) in [6, 6.07) is 2.22. The summed E-state index contributed by atoms with van der Waals surface area (Å²) in [6.45, 7) is 6.18. The summed E-state index contributed by atoms with van der Waals surface area (Å²) in [5.41, 5.74) is 1.35. The number of ether oxygens (including phenoxy) is 1. The predicted octanol–water partition coefficient (Wildman–Crippen LogP) is 2.77. The molecule has 1 aliphatic carbocycles. The monoisotopic (exact) mass is 283 g/mol. The first-order chi connectivity index (χ1) is 9.15. The molecular weight excluding hydrogens is 258 g/mol. The highest BCUT2D eigenvalue weighted by atomic mass is 32.1. The first-order valence-electron chi connectivity index (χ1n) is 7.21. The number of thiophene rings is 1. The van der Waals surface area contributed by atoms with Crippen LogP contribution < -0.4 is 5.32 Å². The quantitative estimate of drug-likeness (QED) is 0.808. The molecule has 0 amide bonds. The lowest BCUT2D eigenvalue weighted by molar-refractivity contribution is -0.00548. The Bertz CT molecular complexity index is 366. The average Bonchev–Trinajstić information content (AvgIpc) is 2.98. The molecule has 19 heavy (non-hydrogen) atoms. The van der Waals surface area contributed by atoms with Crippen LogP contribution in [-0.4, -0.2) is 30.5 Å². The van der Waals surface area contributed by atoms with Gasteiger partial charge in [-0.3, -0.25) is 0 Å². The van der Waals surface area contributed by atoms with Crippen LogP contribution in [0.25, 0.3) is 0 Å². The van der Waals surface area contributed by atoms with E-state index in [-0.39, 0.29) is 0 Å². The Morgan fingerprint density at radius 3 is 2.79 bits per heavy atom. The number of rotatable bonds is 7. The molecule has 2 rings (SSSR count). The molecule has 0 aliphatic heterocycles. The Morgan fingerprint density at radius 1 is 1.42 bits per heavy atom. The van der Waals surface area contributed by atoms with Crippen LogP contribution in [0.15, 0.2) is 6.07 Å². The van der Waals surface area contributed by atoms with E-state index in [4.69, 9.17) is 4.74 Å². The second kappa shape index (κ2) is 7.39. The highest BCUT2D eigenvalue weighted by Crippen LogP contribution is 2.21. The largest absolute Gasteiger partial charge is 0.389 e. The molecule has 3 nitrogen and oxygen atoms in total. The smallest absolute Gasteiger partial charge is 0.0897 e. The lowest BCUT2D eigenvalue weighted by Gasteiger charge is -2.15. The number of hydrogen-bond donors (Lipinski definition) is 2. The zero-order chi connectivity index (χ0) is 13.7. The van der Waals surface area contributed by atoms with Crippen LogP contribution in [-0.2, 0) is 11.3 Å². The molecule has 1 aliphatic rings. The van der Waals surface area contributed by atoms with Crippen LogP contribution in [0.4, 0.5) is 0 Å². The molecule has 1 aromatic heterocycles. The van der Waals surface area contributed by atoms with E-state index in [2.05, 4.69) is 25.2 Å². The van der Waals surface area contributed by atoms with E-state index >= 15 is 0 Å². The van der Waals surface area contributed by atoms with Gasteiger partial charge in [-0.15, -0.1) is 11.3 Å². The third-order valence-electron chi connectivity index (χ3n) is 3.72. The summed E-state index contributed by atoms with van der Waals surface area (Å²) in [5.74, 6) is 0. The van der Waals surface area contributed by atoms with Crippen molar-refractivity contribution in [1.82, 2.24) is 5.32 Å². The SMILES string of the molecule is Cc1cc(CNCC(O)COC2CCCC2)sc1C. The van der Waals surface area contributed by atoms with Gasteiger partial charge in [-0.05, 0) is 38.3 Å². The van der Waals surface area contributed by atoms with Gasteiger partial charge in [0, 0.05) is 22.8 Å². The molecule has 108 valence electrons. The van der Waals surface area contributed by atoms with E-state index in [1.165, 1.54) is 28.2 Å². The third kappa shape index (κ3) is 4.88. The maximum atomic E-state index is 9.86. The van der Waals surface area contributed by atoms with Gasteiger partial charge in [-0.25, -0.2) is 0 Å². The maximum Gasteiger partial charge on any atom is 0.0897 e. The molecule has 1 heterocycles. The van der Waals surface area contributed by atoms with E-state index in [0.717, 1.165) is 19.4 Å². The predicted molar refractivity (Wildman–Crippen MR) is 79.7 cm³/mol. The van der Waals surface area contributed by atoms with Gasteiger partial charge < -0.3 is 15.2 Å². The van der Waals surface area contributed by atoms with Crippen molar-refractivity contribution in [3.05, 3.63) is 21.4 Å². The van der Waals surface area contributed by atoms with Crippen molar-refractivity contribution >= 4 is 11.3 Å². The minimum atomic E-state index is -0.400. The first-order valence-corrected chi connectivity index (χ1v) is 8.03. The van der Waals surface area contributed by atoms with E-state index in [1.807, 2.05) is 11.3 Å². The number of aliphatic hydroxyl groups is 1. The molecular formula is C15H25NO2S. The highest BCUT2D eigenvalue weighted by molar-refractivity contribution is 7.12. The van der Waals surface area contributed by atoms with Gasteiger partial charge in [0.15, 0.2) is 0 Å². The lowest BCUT2D eigenvalue weighted by Crippen LogP contribution is -2.31. The second-order valence-corrected chi connectivity index (χ2v) is 6.82. The van der Waals surface area contributed by atoms with Crippen molar-refractivity contribution in [2.24, 2.45) is 0 Å². The van der Waals surface area contributed by atoms with Gasteiger partial charge in [-0.1, -0.05) is 12.8 Å². The third-order valence-corrected chi connectivity index (χ3v) is 4.88. The zero-order valence-corrected chi connectivity index (χ0v) is 12.8. The Labute approximate surface area is 120 Å². The maximum absolute atomic E-state index is 9.86. The van der Waals surface area contributed by atoms with Crippen molar-refractivity contribution in [1.29, 1.82) is 0 Å². The van der Waals surface area contributed by atoms with Crippen LogP contribution in [0.3, 0.4) is 0 Å². The molecule has 1 saturated carbocycles. The van der Waals surface area contributed by atoms with E-state index < -0.39 is 6.10 Å². The number of hydrogen-bond acceptors (Lipinski definition) is 4. The fourth-order valence-corrected chi connectivity index (χ4v) is 3.48. The fraction of sp³-hybridized carbons (Fsp3) is 0.733. The zero-order valence-electron chi connectivity index (χ0n) is 11.9. The van der Waals surface area contributed by atoms with Crippen LogP contribution in [0.1, 0.15) is 41.0 Å². The summed E-state index contributed by atoms with van der Waals surface area (Å²) in [6.07, 6.45) is 4.86. The van der Waals surface area contributed by atoms with E-state index in [1.54, 1.807) is 0 Å². The Hall–Kier alpha value is -0.420. The van der Waals surface area contributed by atoms with Gasteiger partial charge in [0.05, 0.1) is 18.8 Å². The Balaban J connectivity index is 1.59. The highest BCUT2D eigenvalue weighted by Gasteiger charge is 2.16. The van der Waals surface area contributed by atoms with Crippen LogP contribution in [0, 0.1) is 13.8 Å². The molecule has 0 spiro atoms.